The van der Waals surface area contributed by atoms with Crippen molar-refractivity contribution in [2.24, 2.45) is 0 Å². The van der Waals surface area contributed by atoms with Crippen LogP contribution in [0.4, 0.5) is 28.8 Å². The molecule has 3 aromatic rings. The molecule has 3 amide bonds. The summed E-state index contributed by atoms with van der Waals surface area (Å²) >= 11 is 1.13. The largest absolute Gasteiger partial charge is 0.328 e. The number of hydrogen-bond donors (Lipinski definition) is 2. The van der Waals surface area contributed by atoms with Gasteiger partial charge < -0.3 is 10.2 Å². The molecule has 2 heterocycles. The SMILES string of the molecule is O=C(Nc1nc2c(s1)CN(Cc1ccc(F)cc1)C2=O)Nc1ccc(F)cc1F. The number of nitrogens with one attached hydrogen (secondary N) is 2. The fourth-order valence-electron chi connectivity index (χ4n) is 2.85. The highest BCUT2D eigenvalue weighted by Crippen LogP contribution is 2.32. The highest BCUT2D eigenvalue weighted by Gasteiger charge is 2.32. The highest BCUT2D eigenvalue weighted by atomic mass is 32.1. The van der Waals surface area contributed by atoms with E-state index in [0.29, 0.717) is 24.0 Å². The van der Waals surface area contributed by atoms with Crippen molar-refractivity contribution in [3.05, 3.63) is 76.1 Å². The number of urea groups is 1. The molecule has 0 bridgehead atoms. The molecular formula is C19H13F3N4O2S. The average molecular weight is 418 g/mol. The van der Waals surface area contributed by atoms with Crippen molar-refractivity contribution in [2.45, 2.75) is 13.1 Å². The van der Waals surface area contributed by atoms with E-state index in [1.807, 2.05) is 0 Å². The number of rotatable bonds is 4. The van der Waals surface area contributed by atoms with Gasteiger partial charge in [-0.2, -0.15) is 0 Å². The van der Waals surface area contributed by atoms with Crippen molar-refractivity contribution in [1.82, 2.24) is 9.88 Å². The van der Waals surface area contributed by atoms with Crippen LogP contribution in [0.15, 0.2) is 42.5 Å². The summed E-state index contributed by atoms with van der Waals surface area (Å²) in [6.45, 7) is 0.633. The maximum absolute atomic E-state index is 13.6. The summed E-state index contributed by atoms with van der Waals surface area (Å²) in [7, 11) is 0. The van der Waals surface area contributed by atoms with Crippen LogP contribution in [0.1, 0.15) is 20.9 Å². The van der Waals surface area contributed by atoms with E-state index >= 15 is 0 Å². The van der Waals surface area contributed by atoms with Gasteiger partial charge in [-0.05, 0) is 29.8 Å². The molecule has 0 aliphatic carbocycles. The van der Waals surface area contributed by atoms with Crippen LogP contribution in [0.3, 0.4) is 0 Å². The lowest BCUT2D eigenvalue weighted by Crippen LogP contribution is -2.24. The van der Waals surface area contributed by atoms with Crippen LogP contribution in [0.25, 0.3) is 0 Å². The molecule has 0 spiro atoms. The van der Waals surface area contributed by atoms with E-state index in [4.69, 9.17) is 0 Å². The fourth-order valence-corrected chi connectivity index (χ4v) is 3.82. The summed E-state index contributed by atoms with van der Waals surface area (Å²) in [5.74, 6) is -2.31. The number of halogens is 3. The molecule has 0 fully saturated rings. The Morgan fingerprint density at radius 2 is 1.79 bits per heavy atom. The van der Waals surface area contributed by atoms with E-state index in [-0.39, 0.29) is 28.2 Å². The Labute approximate surface area is 167 Å². The first-order chi connectivity index (χ1) is 13.9. The summed E-state index contributed by atoms with van der Waals surface area (Å²) in [5, 5.41) is 4.88. The standard InChI is InChI=1S/C19H13F3N4O2S/c20-11-3-1-10(2-4-11)8-26-9-15-16(17(26)27)24-19(29-15)25-18(28)23-14-6-5-12(21)7-13(14)22/h1-7H,8-9H2,(H2,23,24,25,28). The van der Waals surface area contributed by atoms with Crippen LogP contribution in [-0.4, -0.2) is 21.8 Å². The molecule has 2 aromatic carbocycles. The second-order valence-corrected chi connectivity index (χ2v) is 7.37. The van der Waals surface area contributed by atoms with Gasteiger partial charge in [0.1, 0.15) is 23.1 Å². The second-order valence-electron chi connectivity index (χ2n) is 6.28. The summed E-state index contributed by atoms with van der Waals surface area (Å²) in [4.78, 5) is 30.9. The molecule has 1 aliphatic rings. The molecule has 1 aliphatic heterocycles. The minimum absolute atomic E-state index is 0.185. The number of anilines is 2. The Balaban J connectivity index is 1.39. The highest BCUT2D eigenvalue weighted by molar-refractivity contribution is 7.16. The zero-order valence-electron chi connectivity index (χ0n) is 14.7. The van der Waals surface area contributed by atoms with Crippen molar-refractivity contribution in [3.63, 3.8) is 0 Å². The normalized spacial score (nSPS) is 12.8. The van der Waals surface area contributed by atoms with Gasteiger partial charge in [0, 0.05) is 12.6 Å². The van der Waals surface area contributed by atoms with Crippen molar-refractivity contribution < 1.29 is 22.8 Å². The predicted octanol–water partition coefficient (Wildman–Crippen LogP) is 4.36. The molecule has 0 saturated heterocycles. The monoisotopic (exact) mass is 418 g/mol. The maximum Gasteiger partial charge on any atom is 0.325 e. The third kappa shape index (κ3) is 4.06. The lowest BCUT2D eigenvalue weighted by molar-refractivity contribution is 0.0762. The maximum atomic E-state index is 13.6. The Kier molecular flexibility index (Phi) is 4.93. The van der Waals surface area contributed by atoms with E-state index in [1.54, 1.807) is 17.0 Å². The Morgan fingerprint density at radius 1 is 1.07 bits per heavy atom. The number of fused-ring (bicyclic) bond motifs is 1. The third-order valence-corrected chi connectivity index (χ3v) is 5.16. The van der Waals surface area contributed by atoms with Crippen molar-refractivity contribution in [2.75, 3.05) is 10.6 Å². The van der Waals surface area contributed by atoms with E-state index in [2.05, 4.69) is 15.6 Å². The van der Waals surface area contributed by atoms with Crippen LogP contribution in [0, 0.1) is 17.5 Å². The fraction of sp³-hybridized carbons (Fsp3) is 0.105. The van der Waals surface area contributed by atoms with Crippen molar-refractivity contribution >= 4 is 34.1 Å². The average Bonchev–Trinajstić information content (AvgIpc) is 3.18. The first-order valence-corrected chi connectivity index (χ1v) is 9.27. The van der Waals surface area contributed by atoms with Gasteiger partial charge in [0.15, 0.2) is 5.13 Å². The molecule has 29 heavy (non-hydrogen) atoms. The number of thiazole rings is 1. The van der Waals surface area contributed by atoms with E-state index in [0.717, 1.165) is 29.0 Å². The Bertz CT molecular complexity index is 1100. The smallest absolute Gasteiger partial charge is 0.325 e. The summed E-state index contributed by atoms with van der Waals surface area (Å²) in [6.07, 6.45) is 0. The molecule has 4 rings (SSSR count). The van der Waals surface area contributed by atoms with Gasteiger partial charge in [-0.25, -0.2) is 22.9 Å². The minimum Gasteiger partial charge on any atom is -0.328 e. The predicted molar refractivity (Wildman–Crippen MR) is 101 cm³/mol. The van der Waals surface area contributed by atoms with E-state index < -0.39 is 17.7 Å². The lowest BCUT2D eigenvalue weighted by Gasteiger charge is -2.15. The van der Waals surface area contributed by atoms with Crippen LogP contribution in [-0.2, 0) is 13.1 Å². The summed E-state index contributed by atoms with van der Waals surface area (Å²) in [6, 6.07) is 7.88. The Morgan fingerprint density at radius 3 is 2.48 bits per heavy atom. The lowest BCUT2D eigenvalue weighted by atomic mass is 10.2. The van der Waals surface area contributed by atoms with Gasteiger partial charge in [-0.1, -0.05) is 23.5 Å². The van der Waals surface area contributed by atoms with Crippen LogP contribution >= 0.6 is 11.3 Å². The van der Waals surface area contributed by atoms with E-state index in [9.17, 15) is 22.8 Å². The summed E-state index contributed by atoms with van der Waals surface area (Å²) < 4.78 is 39.5. The van der Waals surface area contributed by atoms with Crippen LogP contribution in [0.5, 0.6) is 0 Å². The molecule has 0 radical (unpaired) electrons. The number of carbonyl (C=O) groups excluding carboxylic acids is 2. The molecule has 148 valence electrons. The molecule has 0 unspecified atom stereocenters. The zero-order valence-corrected chi connectivity index (χ0v) is 15.5. The van der Waals surface area contributed by atoms with Gasteiger partial charge in [0.25, 0.3) is 5.91 Å². The molecule has 10 heteroatoms. The summed E-state index contributed by atoms with van der Waals surface area (Å²) in [5.41, 5.74) is 0.837. The molecule has 6 nitrogen and oxygen atoms in total. The molecular weight excluding hydrogens is 405 g/mol. The Hall–Kier alpha value is -3.40. The minimum atomic E-state index is -0.909. The molecule has 0 atom stereocenters. The second kappa shape index (κ2) is 7.55. The number of benzene rings is 2. The van der Waals surface area contributed by atoms with Crippen molar-refractivity contribution in [3.8, 4) is 0 Å². The number of hydrogen-bond acceptors (Lipinski definition) is 4. The number of nitrogens with zero attached hydrogens (tertiary/aromatic N) is 2. The van der Waals surface area contributed by atoms with Gasteiger partial charge >= 0.3 is 6.03 Å². The topological polar surface area (TPSA) is 74.3 Å². The van der Waals surface area contributed by atoms with Crippen LogP contribution in [0.2, 0.25) is 0 Å². The van der Waals surface area contributed by atoms with Gasteiger partial charge in [0.05, 0.1) is 17.1 Å². The zero-order chi connectivity index (χ0) is 20.5. The van der Waals surface area contributed by atoms with Gasteiger partial charge in [0.2, 0.25) is 0 Å². The van der Waals surface area contributed by atoms with Gasteiger partial charge in [-0.15, -0.1) is 0 Å². The van der Waals surface area contributed by atoms with Crippen LogP contribution < -0.4 is 10.6 Å². The van der Waals surface area contributed by atoms with Crippen molar-refractivity contribution in [1.29, 1.82) is 0 Å². The van der Waals surface area contributed by atoms with Gasteiger partial charge in [-0.3, -0.25) is 10.1 Å². The molecule has 1 aromatic heterocycles. The number of carbonyl (C=O) groups is 2. The quantitative estimate of drug-likeness (QED) is 0.661. The molecule has 2 N–H and O–H groups in total. The van der Waals surface area contributed by atoms with E-state index in [1.165, 1.54) is 12.1 Å². The molecule has 0 saturated carbocycles. The first kappa shape index (κ1) is 18.9. The first-order valence-electron chi connectivity index (χ1n) is 8.45. The third-order valence-electron chi connectivity index (χ3n) is 4.21. The number of amides is 3. The number of aromatic nitrogens is 1.